The van der Waals surface area contributed by atoms with Gasteiger partial charge in [-0.3, -0.25) is 4.79 Å². The molecule has 3 rings (SSSR count). The van der Waals surface area contributed by atoms with Crippen molar-refractivity contribution in [3.05, 3.63) is 35.4 Å². The van der Waals surface area contributed by atoms with E-state index in [2.05, 4.69) is 20.0 Å². The molecule has 0 bridgehead atoms. The predicted molar refractivity (Wildman–Crippen MR) is 70.5 cm³/mol. The van der Waals surface area contributed by atoms with E-state index in [1.54, 1.807) is 0 Å². The van der Waals surface area contributed by atoms with Gasteiger partial charge in [-0.1, -0.05) is 5.16 Å². The first kappa shape index (κ1) is 15.6. The number of hydrogen-bond donors (Lipinski definition) is 1. The van der Waals surface area contributed by atoms with Crippen LogP contribution in [0.2, 0.25) is 0 Å². The summed E-state index contributed by atoms with van der Waals surface area (Å²) in [5, 5.41) is 6.00. The summed E-state index contributed by atoms with van der Waals surface area (Å²) in [6, 6.07) is 0.766. The van der Waals surface area contributed by atoms with E-state index in [1.165, 1.54) is 20.2 Å². The molecule has 0 saturated heterocycles. The molecule has 1 fully saturated rings. The quantitative estimate of drug-likeness (QED) is 0.931. The summed E-state index contributed by atoms with van der Waals surface area (Å²) in [4.78, 5) is 16.4. The molecule has 9 heteroatoms. The zero-order valence-corrected chi connectivity index (χ0v) is 12.4. The van der Waals surface area contributed by atoms with E-state index >= 15 is 0 Å². The first-order valence-electron chi connectivity index (χ1n) is 6.99. The van der Waals surface area contributed by atoms with Gasteiger partial charge < -0.3 is 14.3 Å². The van der Waals surface area contributed by atoms with Gasteiger partial charge in [-0.2, -0.15) is 13.2 Å². The van der Waals surface area contributed by atoms with Gasteiger partial charge in [-0.15, -0.1) is 0 Å². The van der Waals surface area contributed by atoms with E-state index in [-0.39, 0.29) is 17.4 Å². The lowest BCUT2D eigenvalue weighted by Gasteiger charge is -2.23. The molecule has 0 aliphatic heterocycles. The second-order valence-corrected chi connectivity index (χ2v) is 5.99. The normalized spacial score (nSPS) is 15.7. The third-order valence-electron chi connectivity index (χ3n) is 3.62. The average Bonchev–Trinajstić information content (AvgIpc) is 2.97. The van der Waals surface area contributed by atoms with Crippen LogP contribution in [0, 0.1) is 0 Å². The summed E-state index contributed by atoms with van der Waals surface area (Å²) in [5.74, 6) is -1.47. The maximum Gasteiger partial charge on any atom is 0.452 e. The van der Waals surface area contributed by atoms with Crippen LogP contribution in [0.5, 0.6) is 0 Å². The molecule has 23 heavy (non-hydrogen) atoms. The molecular formula is C14H14F3N3O3. The minimum absolute atomic E-state index is 0.0364. The van der Waals surface area contributed by atoms with Crippen molar-refractivity contribution in [2.75, 3.05) is 0 Å². The van der Waals surface area contributed by atoms with Crippen LogP contribution in [-0.2, 0) is 11.7 Å². The molecule has 1 saturated carbocycles. The lowest BCUT2D eigenvalue weighted by atomic mass is 10.00. The maximum atomic E-state index is 12.6. The highest BCUT2D eigenvalue weighted by Crippen LogP contribution is 2.41. The number of nitrogens with zero attached hydrogens (tertiary/aromatic N) is 2. The second-order valence-electron chi connectivity index (χ2n) is 5.99. The van der Waals surface area contributed by atoms with Crippen molar-refractivity contribution in [1.82, 2.24) is 15.5 Å². The lowest BCUT2D eigenvalue weighted by Crippen LogP contribution is -2.41. The summed E-state index contributed by atoms with van der Waals surface area (Å²) in [6.07, 6.45) is -1.56. The number of carbonyl (C=O) groups is 1. The molecule has 124 valence electrons. The van der Waals surface area contributed by atoms with Gasteiger partial charge in [0.05, 0.1) is 11.2 Å². The van der Waals surface area contributed by atoms with Gasteiger partial charge in [-0.25, -0.2) is 4.98 Å². The van der Waals surface area contributed by atoms with Gasteiger partial charge >= 0.3 is 6.18 Å². The number of alkyl halides is 3. The van der Waals surface area contributed by atoms with Crippen molar-refractivity contribution in [1.29, 1.82) is 0 Å². The van der Waals surface area contributed by atoms with Crippen molar-refractivity contribution >= 4 is 5.91 Å². The Labute approximate surface area is 129 Å². The van der Waals surface area contributed by atoms with Gasteiger partial charge in [0.25, 0.3) is 5.91 Å². The summed E-state index contributed by atoms with van der Waals surface area (Å²) in [5.41, 5.74) is -0.627. The summed E-state index contributed by atoms with van der Waals surface area (Å²) in [6.45, 7) is 3.05. The molecule has 2 aromatic rings. The molecule has 1 aliphatic rings. The molecule has 2 heterocycles. The number of nitrogens with one attached hydrogen (secondary N) is 1. The van der Waals surface area contributed by atoms with Crippen molar-refractivity contribution in [3.8, 4) is 0 Å². The zero-order valence-electron chi connectivity index (χ0n) is 12.4. The third kappa shape index (κ3) is 3.08. The lowest BCUT2D eigenvalue weighted by molar-refractivity contribution is -0.155. The van der Waals surface area contributed by atoms with Crippen LogP contribution in [0.1, 0.15) is 60.3 Å². The number of hydrogen-bond acceptors (Lipinski definition) is 5. The fraction of sp³-hybridized carbons (Fsp3) is 0.500. The second kappa shape index (κ2) is 5.10. The van der Waals surface area contributed by atoms with Crippen molar-refractivity contribution < 1.29 is 26.9 Å². The molecule has 1 N–H and O–H groups in total. The van der Waals surface area contributed by atoms with Crippen LogP contribution in [0.25, 0.3) is 0 Å². The van der Waals surface area contributed by atoms with Gasteiger partial charge in [-0.05, 0) is 26.7 Å². The Kier molecular flexibility index (Phi) is 3.46. The van der Waals surface area contributed by atoms with Crippen LogP contribution in [0.4, 0.5) is 13.2 Å². The zero-order chi connectivity index (χ0) is 16.8. The van der Waals surface area contributed by atoms with Crippen LogP contribution in [-0.4, -0.2) is 16.0 Å². The molecule has 1 amide bonds. The molecule has 0 spiro atoms. The number of halogens is 3. The minimum atomic E-state index is -4.63. The highest BCUT2D eigenvalue weighted by atomic mass is 19.4. The van der Waals surface area contributed by atoms with E-state index in [0.717, 1.165) is 18.9 Å². The molecule has 0 unspecified atom stereocenters. The van der Waals surface area contributed by atoms with Gasteiger partial charge in [0.15, 0.2) is 6.39 Å². The third-order valence-corrected chi connectivity index (χ3v) is 3.62. The number of amides is 1. The smallest absolute Gasteiger partial charge is 0.438 e. The van der Waals surface area contributed by atoms with E-state index in [9.17, 15) is 18.0 Å². The molecule has 0 radical (unpaired) electrons. The first-order chi connectivity index (χ1) is 10.7. The van der Waals surface area contributed by atoms with Gasteiger partial charge in [0.1, 0.15) is 5.69 Å². The topological polar surface area (TPSA) is 81.2 Å². The van der Waals surface area contributed by atoms with Crippen LogP contribution >= 0.6 is 0 Å². The number of oxazole rings is 1. The molecule has 2 aromatic heterocycles. The maximum absolute atomic E-state index is 12.6. The molecule has 0 aromatic carbocycles. The Morgan fingerprint density at radius 1 is 1.35 bits per heavy atom. The Morgan fingerprint density at radius 2 is 2.04 bits per heavy atom. The Balaban J connectivity index is 1.78. The van der Waals surface area contributed by atoms with E-state index in [4.69, 9.17) is 4.42 Å². The Bertz CT molecular complexity index is 729. The molecular weight excluding hydrogens is 315 g/mol. The van der Waals surface area contributed by atoms with Crippen molar-refractivity contribution in [3.63, 3.8) is 0 Å². The van der Waals surface area contributed by atoms with Gasteiger partial charge in [0, 0.05) is 12.0 Å². The number of carbonyl (C=O) groups excluding carboxylic acids is 1. The van der Waals surface area contributed by atoms with Crippen molar-refractivity contribution in [2.24, 2.45) is 0 Å². The monoisotopic (exact) mass is 329 g/mol. The summed E-state index contributed by atoms with van der Waals surface area (Å²) < 4.78 is 47.2. The van der Waals surface area contributed by atoms with E-state index in [0.29, 0.717) is 5.69 Å². The average molecular weight is 329 g/mol. The van der Waals surface area contributed by atoms with Crippen LogP contribution < -0.4 is 5.32 Å². The highest BCUT2D eigenvalue weighted by Gasteiger charge is 2.39. The van der Waals surface area contributed by atoms with Crippen molar-refractivity contribution in [2.45, 2.75) is 44.3 Å². The van der Waals surface area contributed by atoms with Gasteiger partial charge in [0.2, 0.25) is 11.5 Å². The Hall–Kier alpha value is -2.32. The number of aromatic nitrogens is 2. The fourth-order valence-corrected chi connectivity index (χ4v) is 2.18. The first-order valence-corrected chi connectivity index (χ1v) is 6.99. The van der Waals surface area contributed by atoms with E-state index in [1.807, 2.05) is 0 Å². The number of rotatable bonds is 4. The highest BCUT2D eigenvalue weighted by molar-refractivity contribution is 5.93. The minimum Gasteiger partial charge on any atom is -0.438 e. The standard InChI is InChI=1S/C14H14F3N3O3/c1-13(2,8-5-9(23-20-8)14(15,16)17)19-12(21)11-10(7-3-4-7)18-6-22-11/h5-7H,3-4H2,1-2H3,(H,19,21). The SMILES string of the molecule is CC(C)(NC(=O)c1ocnc1C1CC1)c1cc(C(F)(F)F)on1. The molecule has 0 atom stereocenters. The summed E-state index contributed by atoms with van der Waals surface area (Å²) in [7, 11) is 0. The van der Waals surface area contributed by atoms with Crippen LogP contribution in [0.15, 0.2) is 21.4 Å². The Morgan fingerprint density at radius 3 is 2.61 bits per heavy atom. The fourth-order valence-electron chi connectivity index (χ4n) is 2.18. The predicted octanol–water partition coefficient (Wildman–Crippen LogP) is 3.22. The molecule has 6 nitrogen and oxygen atoms in total. The molecule has 1 aliphatic carbocycles. The summed E-state index contributed by atoms with van der Waals surface area (Å²) >= 11 is 0. The largest absolute Gasteiger partial charge is 0.452 e. The van der Waals surface area contributed by atoms with E-state index < -0.39 is 23.4 Å². The van der Waals surface area contributed by atoms with Crippen LogP contribution in [0.3, 0.4) is 0 Å².